The zero-order valence-corrected chi connectivity index (χ0v) is 23.0. The van der Waals surface area contributed by atoms with Crippen molar-refractivity contribution in [1.82, 2.24) is 4.90 Å². The monoisotopic (exact) mass is 481 g/mol. The van der Waals surface area contributed by atoms with Crippen LogP contribution in [-0.2, 0) is 14.3 Å². The lowest BCUT2D eigenvalue weighted by Crippen LogP contribution is -2.42. The molecule has 0 saturated carbocycles. The zero-order valence-electron chi connectivity index (χ0n) is 23.0. The van der Waals surface area contributed by atoms with Crippen molar-refractivity contribution in [2.45, 2.75) is 149 Å². The average Bonchev–Trinajstić information content (AvgIpc) is 3.29. The third-order valence-corrected chi connectivity index (χ3v) is 6.63. The molecule has 1 saturated heterocycles. The van der Waals surface area contributed by atoms with E-state index in [4.69, 9.17) is 9.47 Å². The number of rotatable bonds is 19. The fourth-order valence-corrected chi connectivity index (χ4v) is 4.51. The number of hydrogen-bond acceptors (Lipinski definition) is 4. The van der Waals surface area contributed by atoms with Crippen LogP contribution in [0.1, 0.15) is 143 Å². The number of ether oxygens (including phenoxy) is 2. The molecule has 1 unspecified atom stereocenters. The lowest BCUT2D eigenvalue weighted by molar-refractivity contribution is -0.148. The van der Waals surface area contributed by atoms with Gasteiger partial charge in [0.05, 0.1) is 13.2 Å². The van der Waals surface area contributed by atoms with Crippen LogP contribution in [0.4, 0.5) is 4.79 Å². The summed E-state index contributed by atoms with van der Waals surface area (Å²) < 4.78 is 10.9. The molecule has 0 N–H and O–H groups in total. The van der Waals surface area contributed by atoms with E-state index in [0.717, 1.165) is 19.3 Å². The Morgan fingerprint density at radius 3 is 1.68 bits per heavy atom. The zero-order chi connectivity index (χ0) is 25.1. The van der Waals surface area contributed by atoms with E-state index in [1.807, 2.05) is 20.8 Å². The summed E-state index contributed by atoms with van der Waals surface area (Å²) in [4.78, 5) is 26.3. The number of esters is 1. The minimum atomic E-state index is -0.478. The summed E-state index contributed by atoms with van der Waals surface area (Å²) in [6.45, 7) is 9.72. The van der Waals surface area contributed by atoms with Crippen molar-refractivity contribution in [2.75, 3.05) is 19.8 Å². The quantitative estimate of drug-likeness (QED) is 0.137. The molecule has 1 aliphatic rings. The number of likely N-dealkylation sites (tertiary alicyclic amines) is 1. The molecular formula is C29H55NO4. The van der Waals surface area contributed by atoms with E-state index in [0.29, 0.717) is 26.2 Å². The Hall–Kier alpha value is -1.26. The normalized spacial score (nSPS) is 16.1. The molecule has 34 heavy (non-hydrogen) atoms. The summed E-state index contributed by atoms with van der Waals surface area (Å²) in [5.41, 5.74) is -0.0847. The maximum atomic E-state index is 12.5. The van der Waals surface area contributed by atoms with Gasteiger partial charge >= 0.3 is 12.1 Å². The molecule has 0 radical (unpaired) electrons. The number of unbranched alkanes of at least 4 members (excludes halogenated alkanes) is 15. The highest BCUT2D eigenvalue weighted by Gasteiger charge is 2.36. The number of amides is 1. The van der Waals surface area contributed by atoms with Crippen LogP contribution in [-0.4, -0.2) is 42.8 Å². The first kappa shape index (κ1) is 30.8. The smallest absolute Gasteiger partial charge is 0.410 e. The van der Waals surface area contributed by atoms with E-state index in [1.165, 1.54) is 89.9 Å². The Balaban J connectivity index is 1.94. The van der Waals surface area contributed by atoms with Crippen molar-refractivity contribution in [1.29, 1.82) is 0 Å². The molecule has 1 aliphatic heterocycles. The van der Waals surface area contributed by atoms with Crippen molar-refractivity contribution < 1.29 is 19.1 Å². The molecule has 1 rings (SSSR count). The van der Waals surface area contributed by atoms with Crippen molar-refractivity contribution in [2.24, 2.45) is 5.41 Å². The maximum Gasteiger partial charge on any atom is 0.410 e. The van der Waals surface area contributed by atoms with Gasteiger partial charge in [-0.1, -0.05) is 124 Å². The SMILES string of the molecule is CCCCCCCCCCCCCCCCCCOC(=O)C1CCCN1C(=O)OCC(C)(C)C. The number of carbonyl (C=O) groups excluding carboxylic acids is 2. The molecular weight excluding hydrogens is 426 g/mol. The Morgan fingerprint density at radius 1 is 0.735 bits per heavy atom. The summed E-state index contributed by atoms with van der Waals surface area (Å²) in [5.74, 6) is -0.272. The molecule has 1 atom stereocenters. The van der Waals surface area contributed by atoms with Crippen LogP contribution in [0.2, 0.25) is 0 Å². The third-order valence-electron chi connectivity index (χ3n) is 6.63. The van der Waals surface area contributed by atoms with E-state index in [9.17, 15) is 9.59 Å². The summed E-state index contributed by atoms with van der Waals surface area (Å²) >= 11 is 0. The lowest BCUT2D eigenvalue weighted by Gasteiger charge is -2.25. The van der Waals surface area contributed by atoms with E-state index >= 15 is 0 Å². The lowest BCUT2D eigenvalue weighted by atomic mass is 9.99. The second-order valence-corrected chi connectivity index (χ2v) is 11.4. The Bertz CT molecular complexity index is 529. The van der Waals surface area contributed by atoms with Crippen LogP contribution in [0.25, 0.3) is 0 Å². The Kier molecular flexibility index (Phi) is 17.2. The summed E-state index contributed by atoms with van der Waals surface area (Å²) in [7, 11) is 0. The molecule has 200 valence electrons. The van der Waals surface area contributed by atoms with E-state index in [-0.39, 0.29) is 11.4 Å². The van der Waals surface area contributed by atoms with E-state index < -0.39 is 12.1 Å². The van der Waals surface area contributed by atoms with Crippen molar-refractivity contribution in [3.05, 3.63) is 0 Å². The highest BCUT2D eigenvalue weighted by Crippen LogP contribution is 2.21. The molecule has 0 aromatic heterocycles. The Morgan fingerprint density at radius 2 is 1.21 bits per heavy atom. The van der Waals surface area contributed by atoms with Gasteiger partial charge in [-0.25, -0.2) is 9.59 Å². The predicted octanol–water partition coefficient (Wildman–Crippen LogP) is 8.44. The van der Waals surface area contributed by atoms with Crippen molar-refractivity contribution in [3.63, 3.8) is 0 Å². The van der Waals surface area contributed by atoms with Gasteiger partial charge in [-0.15, -0.1) is 0 Å². The molecule has 1 amide bonds. The third kappa shape index (κ3) is 15.6. The van der Waals surface area contributed by atoms with Gasteiger partial charge in [-0.2, -0.15) is 0 Å². The van der Waals surface area contributed by atoms with Gasteiger partial charge in [0.25, 0.3) is 0 Å². The fraction of sp³-hybridized carbons (Fsp3) is 0.931. The van der Waals surface area contributed by atoms with Crippen LogP contribution >= 0.6 is 0 Å². The average molecular weight is 482 g/mol. The van der Waals surface area contributed by atoms with Gasteiger partial charge in [0.2, 0.25) is 0 Å². The second-order valence-electron chi connectivity index (χ2n) is 11.4. The largest absolute Gasteiger partial charge is 0.464 e. The standard InChI is InChI=1S/C29H55NO4/c1-5-6-7-8-9-10-11-12-13-14-15-16-17-18-19-20-24-33-27(31)26-22-21-23-30(26)28(32)34-25-29(2,3)4/h26H,5-25H2,1-4H3. The number of carbonyl (C=O) groups is 2. The minimum absolute atomic E-state index is 0.0847. The van der Waals surface area contributed by atoms with Crippen LogP contribution in [0.3, 0.4) is 0 Å². The van der Waals surface area contributed by atoms with E-state index in [2.05, 4.69) is 6.92 Å². The topological polar surface area (TPSA) is 55.8 Å². The molecule has 0 aromatic carbocycles. The van der Waals surface area contributed by atoms with Crippen LogP contribution in [0.5, 0.6) is 0 Å². The first-order valence-corrected chi connectivity index (χ1v) is 14.4. The highest BCUT2D eigenvalue weighted by molar-refractivity contribution is 5.82. The number of hydrogen-bond donors (Lipinski definition) is 0. The second kappa shape index (κ2) is 19.0. The number of nitrogens with zero attached hydrogens (tertiary/aromatic N) is 1. The van der Waals surface area contributed by atoms with Crippen molar-refractivity contribution in [3.8, 4) is 0 Å². The van der Waals surface area contributed by atoms with Gasteiger partial charge in [0.15, 0.2) is 0 Å². The van der Waals surface area contributed by atoms with Crippen LogP contribution in [0, 0.1) is 5.41 Å². The molecule has 5 nitrogen and oxygen atoms in total. The summed E-state index contributed by atoms with van der Waals surface area (Å²) in [6, 6.07) is -0.478. The summed E-state index contributed by atoms with van der Waals surface area (Å²) in [6.07, 6.45) is 22.3. The predicted molar refractivity (Wildman–Crippen MR) is 141 cm³/mol. The van der Waals surface area contributed by atoms with Crippen LogP contribution in [0.15, 0.2) is 0 Å². The van der Waals surface area contributed by atoms with Gasteiger partial charge in [-0.05, 0) is 24.7 Å². The van der Waals surface area contributed by atoms with Crippen LogP contribution < -0.4 is 0 Å². The minimum Gasteiger partial charge on any atom is -0.464 e. The first-order chi connectivity index (χ1) is 16.3. The Labute approximate surface area is 210 Å². The maximum absolute atomic E-state index is 12.5. The molecule has 1 fully saturated rings. The summed E-state index contributed by atoms with van der Waals surface area (Å²) in [5, 5.41) is 0. The van der Waals surface area contributed by atoms with Crippen molar-refractivity contribution >= 4 is 12.1 Å². The molecule has 5 heteroatoms. The molecule has 1 heterocycles. The van der Waals surface area contributed by atoms with Gasteiger partial charge < -0.3 is 9.47 Å². The van der Waals surface area contributed by atoms with E-state index in [1.54, 1.807) is 4.90 Å². The fourth-order valence-electron chi connectivity index (χ4n) is 4.51. The highest BCUT2D eigenvalue weighted by atomic mass is 16.6. The van der Waals surface area contributed by atoms with Gasteiger partial charge in [-0.3, -0.25) is 4.90 Å². The molecule has 0 aromatic rings. The first-order valence-electron chi connectivity index (χ1n) is 14.4. The molecule has 0 spiro atoms. The van der Waals surface area contributed by atoms with Gasteiger partial charge in [0.1, 0.15) is 6.04 Å². The molecule has 0 bridgehead atoms. The van der Waals surface area contributed by atoms with Gasteiger partial charge in [0, 0.05) is 6.54 Å². The molecule has 0 aliphatic carbocycles.